The molecule has 3 rings (SSSR count). The highest BCUT2D eigenvalue weighted by Crippen LogP contribution is 2.20. The lowest BCUT2D eigenvalue weighted by Crippen LogP contribution is -1.99. The Hall–Kier alpha value is -2.63. The second-order valence-electron chi connectivity index (χ2n) is 3.89. The van der Waals surface area contributed by atoms with E-state index in [1.54, 1.807) is 7.05 Å². The maximum absolute atomic E-state index is 11.2. The molecule has 0 saturated carbocycles. The highest BCUT2D eigenvalue weighted by atomic mass is 16.1. The summed E-state index contributed by atoms with van der Waals surface area (Å²) in [5.41, 5.74) is 3.00. The van der Waals surface area contributed by atoms with Crippen LogP contribution in [0.2, 0.25) is 0 Å². The molecule has 0 saturated heterocycles. The van der Waals surface area contributed by atoms with Gasteiger partial charge in [0.1, 0.15) is 5.82 Å². The van der Waals surface area contributed by atoms with Crippen LogP contribution in [0, 0.1) is 0 Å². The molecule has 6 heteroatoms. The summed E-state index contributed by atoms with van der Waals surface area (Å²) in [5.74, 6) is 0.717. The van der Waals surface area contributed by atoms with Crippen LogP contribution in [0.5, 0.6) is 0 Å². The lowest BCUT2D eigenvalue weighted by Gasteiger charge is -2.01. The third-order valence-corrected chi connectivity index (χ3v) is 2.73. The molecular formula is C12H11N5O. The van der Waals surface area contributed by atoms with E-state index in [4.69, 9.17) is 0 Å². The molecule has 3 aromatic rings. The summed E-state index contributed by atoms with van der Waals surface area (Å²) in [7, 11) is 1.79. The smallest absolute Gasteiger partial charge is 0.323 e. The van der Waals surface area contributed by atoms with Crippen LogP contribution >= 0.6 is 0 Å². The van der Waals surface area contributed by atoms with Gasteiger partial charge < -0.3 is 15.3 Å². The van der Waals surface area contributed by atoms with E-state index in [9.17, 15) is 4.79 Å². The molecule has 0 aliphatic heterocycles. The largest absolute Gasteiger partial charge is 0.372 e. The van der Waals surface area contributed by atoms with Gasteiger partial charge in [-0.25, -0.2) is 4.79 Å². The number of anilines is 1. The van der Waals surface area contributed by atoms with Crippen molar-refractivity contribution in [1.29, 1.82) is 0 Å². The summed E-state index contributed by atoms with van der Waals surface area (Å²) >= 11 is 0. The number of fused-ring (bicyclic) bond motifs is 1. The Labute approximate surface area is 102 Å². The summed E-state index contributed by atoms with van der Waals surface area (Å²) in [4.78, 5) is 16.6. The van der Waals surface area contributed by atoms with Crippen LogP contribution in [-0.2, 0) is 0 Å². The van der Waals surface area contributed by atoms with Crippen molar-refractivity contribution in [3.05, 3.63) is 40.8 Å². The van der Waals surface area contributed by atoms with Gasteiger partial charge in [-0.05, 0) is 24.3 Å². The van der Waals surface area contributed by atoms with Crippen LogP contribution in [0.4, 0.5) is 5.82 Å². The minimum atomic E-state index is -0.209. The van der Waals surface area contributed by atoms with Gasteiger partial charge in [0.25, 0.3) is 0 Å². The first-order valence-corrected chi connectivity index (χ1v) is 5.50. The van der Waals surface area contributed by atoms with Gasteiger partial charge in [0.15, 0.2) is 0 Å². The molecule has 0 fully saturated rings. The number of imidazole rings is 1. The van der Waals surface area contributed by atoms with Crippen molar-refractivity contribution in [2.75, 3.05) is 12.4 Å². The van der Waals surface area contributed by atoms with E-state index in [-0.39, 0.29) is 5.69 Å². The monoisotopic (exact) mass is 241 g/mol. The highest BCUT2D eigenvalue weighted by Gasteiger charge is 2.04. The molecule has 0 aliphatic rings. The Morgan fingerprint density at radius 1 is 1.06 bits per heavy atom. The fourth-order valence-corrected chi connectivity index (χ4v) is 1.81. The first-order chi connectivity index (χ1) is 8.76. The predicted molar refractivity (Wildman–Crippen MR) is 69.5 cm³/mol. The number of rotatable bonds is 2. The minimum Gasteiger partial charge on any atom is -0.372 e. The molecule has 2 aromatic heterocycles. The fraction of sp³-hybridized carbons (Fsp3) is 0.0833. The van der Waals surface area contributed by atoms with Gasteiger partial charge in [-0.3, -0.25) is 0 Å². The SMILES string of the molecule is CNc1ccc(-c2ccc3[nH]c(=O)[nH]c3c2)nn1. The normalized spacial score (nSPS) is 10.7. The molecule has 18 heavy (non-hydrogen) atoms. The molecular weight excluding hydrogens is 230 g/mol. The van der Waals surface area contributed by atoms with Crippen molar-refractivity contribution in [1.82, 2.24) is 20.2 Å². The van der Waals surface area contributed by atoms with Crippen LogP contribution in [0.25, 0.3) is 22.3 Å². The molecule has 90 valence electrons. The van der Waals surface area contributed by atoms with E-state index in [1.165, 1.54) is 0 Å². The van der Waals surface area contributed by atoms with E-state index in [1.807, 2.05) is 30.3 Å². The molecule has 0 radical (unpaired) electrons. The number of hydrogen-bond donors (Lipinski definition) is 3. The van der Waals surface area contributed by atoms with Gasteiger partial charge in [0.2, 0.25) is 0 Å². The molecule has 0 unspecified atom stereocenters. The Kier molecular flexibility index (Phi) is 2.33. The zero-order chi connectivity index (χ0) is 12.5. The fourth-order valence-electron chi connectivity index (χ4n) is 1.81. The molecule has 1 aromatic carbocycles. The third-order valence-electron chi connectivity index (χ3n) is 2.73. The van der Waals surface area contributed by atoms with E-state index < -0.39 is 0 Å². The number of nitrogens with one attached hydrogen (secondary N) is 3. The Morgan fingerprint density at radius 3 is 2.61 bits per heavy atom. The van der Waals surface area contributed by atoms with Crippen LogP contribution < -0.4 is 11.0 Å². The molecule has 0 aliphatic carbocycles. The van der Waals surface area contributed by atoms with Crippen LogP contribution in [-0.4, -0.2) is 27.2 Å². The van der Waals surface area contributed by atoms with E-state index >= 15 is 0 Å². The summed E-state index contributed by atoms with van der Waals surface area (Å²) in [6, 6.07) is 9.35. The second kappa shape index (κ2) is 3.99. The van der Waals surface area contributed by atoms with Crippen molar-refractivity contribution >= 4 is 16.9 Å². The summed E-state index contributed by atoms with van der Waals surface area (Å²) in [5, 5.41) is 11.0. The zero-order valence-corrected chi connectivity index (χ0v) is 9.69. The predicted octanol–water partition coefficient (Wildman–Crippen LogP) is 1.35. The van der Waals surface area contributed by atoms with Crippen molar-refractivity contribution < 1.29 is 0 Å². The summed E-state index contributed by atoms with van der Waals surface area (Å²) in [6.07, 6.45) is 0. The van der Waals surface area contributed by atoms with Gasteiger partial charge in [0, 0.05) is 12.6 Å². The van der Waals surface area contributed by atoms with Crippen molar-refractivity contribution in [3.63, 3.8) is 0 Å². The molecule has 2 heterocycles. The van der Waals surface area contributed by atoms with Crippen molar-refractivity contribution in [2.24, 2.45) is 0 Å². The maximum atomic E-state index is 11.2. The topological polar surface area (TPSA) is 86.5 Å². The van der Waals surface area contributed by atoms with Gasteiger partial charge >= 0.3 is 5.69 Å². The Morgan fingerprint density at radius 2 is 1.89 bits per heavy atom. The average Bonchev–Trinajstić information content (AvgIpc) is 2.78. The van der Waals surface area contributed by atoms with E-state index in [0.717, 1.165) is 28.1 Å². The number of aromatic nitrogens is 4. The van der Waals surface area contributed by atoms with Crippen LogP contribution in [0.1, 0.15) is 0 Å². The van der Waals surface area contributed by atoms with Gasteiger partial charge in [-0.2, -0.15) is 0 Å². The number of benzene rings is 1. The molecule has 0 atom stereocenters. The molecule has 0 amide bonds. The van der Waals surface area contributed by atoms with Crippen LogP contribution in [0.15, 0.2) is 35.1 Å². The second-order valence-corrected chi connectivity index (χ2v) is 3.89. The van der Waals surface area contributed by atoms with Crippen molar-refractivity contribution in [3.8, 4) is 11.3 Å². The quantitative estimate of drug-likeness (QED) is 0.632. The first-order valence-electron chi connectivity index (χ1n) is 5.50. The van der Waals surface area contributed by atoms with Crippen molar-refractivity contribution in [2.45, 2.75) is 0 Å². The van der Waals surface area contributed by atoms with Gasteiger partial charge in [-0.1, -0.05) is 6.07 Å². The Balaban J connectivity index is 2.09. The molecule has 0 bridgehead atoms. The molecule has 6 nitrogen and oxygen atoms in total. The Bertz CT molecular complexity index is 741. The maximum Gasteiger partial charge on any atom is 0.323 e. The average molecular weight is 241 g/mol. The molecule has 0 spiro atoms. The first kappa shape index (κ1) is 10.5. The molecule has 3 N–H and O–H groups in total. The highest BCUT2D eigenvalue weighted by molar-refractivity contribution is 5.80. The third kappa shape index (κ3) is 1.73. The summed E-state index contributed by atoms with van der Waals surface area (Å²) < 4.78 is 0. The summed E-state index contributed by atoms with van der Waals surface area (Å²) in [6.45, 7) is 0. The van der Waals surface area contributed by atoms with E-state index in [2.05, 4.69) is 25.5 Å². The number of hydrogen-bond acceptors (Lipinski definition) is 4. The number of H-pyrrole nitrogens is 2. The lowest BCUT2D eigenvalue weighted by molar-refractivity contribution is 1.04. The number of nitrogens with zero attached hydrogens (tertiary/aromatic N) is 2. The standard InChI is InChI=1S/C12H11N5O/c1-13-11-5-4-8(16-17-11)7-2-3-9-10(6-7)15-12(18)14-9/h2-6H,1H3,(H,13,17)(H2,14,15,18). The van der Waals surface area contributed by atoms with E-state index in [0.29, 0.717) is 0 Å². The minimum absolute atomic E-state index is 0.209. The van der Waals surface area contributed by atoms with Gasteiger partial charge in [-0.15, -0.1) is 10.2 Å². The zero-order valence-electron chi connectivity index (χ0n) is 9.69. The van der Waals surface area contributed by atoms with Gasteiger partial charge in [0.05, 0.1) is 16.7 Å². The van der Waals surface area contributed by atoms with Crippen LogP contribution in [0.3, 0.4) is 0 Å². The number of aromatic amines is 2. The lowest BCUT2D eigenvalue weighted by atomic mass is 10.1.